The lowest BCUT2D eigenvalue weighted by Crippen LogP contribution is -2.12. The highest BCUT2D eigenvalue weighted by molar-refractivity contribution is 6.40. The van der Waals surface area contributed by atoms with Gasteiger partial charge in [-0.2, -0.15) is 0 Å². The summed E-state index contributed by atoms with van der Waals surface area (Å²) in [6, 6.07) is 4.26. The molecule has 0 amide bonds. The summed E-state index contributed by atoms with van der Waals surface area (Å²) in [5, 5.41) is 6.75. The third-order valence-corrected chi connectivity index (χ3v) is 3.76. The summed E-state index contributed by atoms with van der Waals surface area (Å²) >= 11 is 12.5. The lowest BCUT2D eigenvalue weighted by Gasteiger charge is -2.18. The van der Waals surface area contributed by atoms with Crippen molar-refractivity contribution in [1.82, 2.24) is 4.98 Å². The monoisotopic (exact) mass is 295 g/mol. The first-order valence-electron chi connectivity index (χ1n) is 6.28. The molecule has 1 saturated carbocycles. The molecule has 1 heterocycles. The van der Waals surface area contributed by atoms with Crippen molar-refractivity contribution in [3.63, 3.8) is 0 Å². The molecule has 1 aromatic carbocycles. The average Bonchev–Trinajstić information content (AvgIpc) is 3.11. The summed E-state index contributed by atoms with van der Waals surface area (Å²) in [5.74, 6) is 0.876. The van der Waals surface area contributed by atoms with E-state index in [-0.39, 0.29) is 0 Å². The normalized spacial score (nSPS) is 14.7. The van der Waals surface area contributed by atoms with Gasteiger partial charge in [0, 0.05) is 35.9 Å². The van der Waals surface area contributed by atoms with E-state index in [0.717, 1.165) is 22.3 Å². The highest BCUT2D eigenvalue weighted by Gasteiger charge is 2.23. The molecule has 0 atom stereocenters. The Balaban J connectivity index is 2.25. The molecule has 1 fully saturated rings. The number of fused-ring (bicyclic) bond motifs is 1. The van der Waals surface area contributed by atoms with E-state index in [4.69, 9.17) is 23.2 Å². The molecule has 0 radical (unpaired) electrons. The second-order valence-electron chi connectivity index (χ2n) is 5.12. The quantitative estimate of drug-likeness (QED) is 0.921. The summed E-state index contributed by atoms with van der Waals surface area (Å²) < 4.78 is 0. The van der Waals surface area contributed by atoms with Crippen LogP contribution in [0.2, 0.25) is 10.0 Å². The molecule has 0 bridgehead atoms. The molecule has 1 aliphatic carbocycles. The number of hydrogen-bond acceptors (Lipinski definition) is 3. The molecule has 19 heavy (non-hydrogen) atoms. The highest BCUT2D eigenvalue weighted by Crippen LogP contribution is 2.38. The van der Waals surface area contributed by atoms with Gasteiger partial charge >= 0.3 is 0 Å². The molecule has 3 rings (SSSR count). The van der Waals surface area contributed by atoms with Crippen LogP contribution in [-0.2, 0) is 0 Å². The fourth-order valence-electron chi connectivity index (χ4n) is 2.20. The van der Waals surface area contributed by atoms with E-state index < -0.39 is 0 Å². The van der Waals surface area contributed by atoms with E-state index in [2.05, 4.69) is 10.3 Å². The Kier molecular flexibility index (Phi) is 3.19. The van der Waals surface area contributed by atoms with Crippen molar-refractivity contribution in [3.8, 4) is 0 Å². The predicted molar refractivity (Wildman–Crippen MR) is 82.7 cm³/mol. The van der Waals surface area contributed by atoms with Crippen LogP contribution in [-0.4, -0.2) is 25.1 Å². The molecular weight excluding hydrogens is 281 g/mol. The van der Waals surface area contributed by atoms with Crippen molar-refractivity contribution in [1.29, 1.82) is 0 Å². The van der Waals surface area contributed by atoms with Gasteiger partial charge in [-0.25, -0.2) is 4.98 Å². The van der Waals surface area contributed by atoms with E-state index in [1.165, 1.54) is 12.8 Å². The fraction of sp³-hybridized carbons (Fsp3) is 0.357. The molecule has 3 nitrogen and oxygen atoms in total. The van der Waals surface area contributed by atoms with Crippen LogP contribution in [0.15, 0.2) is 18.3 Å². The maximum atomic E-state index is 6.38. The topological polar surface area (TPSA) is 28.2 Å². The zero-order valence-corrected chi connectivity index (χ0v) is 12.4. The molecular formula is C14H15Cl2N3. The third kappa shape index (κ3) is 2.45. The number of benzene rings is 1. The van der Waals surface area contributed by atoms with Gasteiger partial charge in [0.1, 0.15) is 5.82 Å². The van der Waals surface area contributed by atoms with Crippen LogP contribution in [0.5, 0.6) is 0 Å². The molecule has 100 valence electrons. The summed E-state index contributed by atoms with van der Waals surface area (Å²) in [5.41, 5.74) is 0.991. The Morgan fingerprint density at radius 2 is 2.00 bits per heavy atom. The first-order chi connectivity index (χ1) is 9.06. The van der Waals surface area contributed by atoms with Crippen LogP contribution in [0.25, 0.3) is 10.8 Å². The molecule has 0 saturated heterocycles. The highest BCUT2D eigenvalue weighted by atomic mass is 35.5. The van der Waals surface area contributed by atoms with Gasteiger partial charge in [0.15, 0.2) is 0 Å². The number of nitrogens with zero attached hydrogens (tertiary/aromatic N) is 2. The third-order valence-electron chi connectivity index (χ3n) is 3.24. The molecule has 1 N–H and O–H groups in total. The molecule has 1 aliphatic rings. The van der Waals surface area contributed by atoms with E-state index in [0.29, 0.717) is 16.1 Å². The van der Waals surface area contributed by atoms with Crippen molar-refractivity contribution >= 4 is 45.5 Å². The number of aromatic nitrogens is 1. The van der Waals surface area contributed by atoms with Crippen LogP contribution >= 0.6 is 23.2 Å². The standard InChI is InChI=1S/C14H15Cl2N3/c1-19(2)14-10-5-8(15)6-11(16)13(10)12(7-17-14)18-9-3-4-9/h5-7,9,18H,3-4H2,1-2H3. The lowest BCUT2D eigenvalue weighted by molar-refractivity contribution is 1.08. The van der Waals surface area contributed by atoms with Crippen LogP contribution < -0.4 is 10.2 Å². The van der Waals surface area contributed by atoms with Gasteiger partial charge in [-0.1, -0.05) is 23.2 Å². The number of nitrogens with one attached hydrogen (secondary N) is 1. The van der Waals surface area contributed by atoms with E-state index >= 15 is 0 Å². The Bertz CT molecular complexity index is 636. The van der Waals surface area contributed by atoms with E-state index in [9.17, 15) is 0 Å². The SMILES string of the molecule is CN(C)c1ncc(NC2CC2)c2c(Cl)cc(Cl)cc12. The first kappa shape index (κ1) is 12.8. The number of hydrogen-bond donors (Lipinski definition) is 1. The molecule has 1 aromatic heterocycles. The van der Waals surface area contributed by atoms with Gasteiger partial charge < -0.3 is 10.2 Å². The van der Waals surface area contributed by atoms with Crippen molar-refractivity contribution in [2.45, 2.75) is 18.9 Å². The number of anilines is 2. The Hall–Kier alpha value is -1.19. The minimum atomic E-state index is 0.557. The van der Waals surface area contributed by atoms with Crippen molar-refractivity contribution in [2.24, 2.45) is 0 Å². The second-order valence-corrected chi connectivity index (χ2v) is 5.96. The Morgan fingerprint density at radius 1 is 1.26 bits per heavy atom. The van der Waals surface area contributed by atoms with Gasteiger partial charge in [-0.05, 0) is 25.0 Å². The van der Waals surface area contributed by atoms with Gasteiger partial charge in [0.05, 0.1) is 16.9 Å². The van der Waals surface area contributed by atoms with E-state index in [1.54, 1.807) is 6.07 Å². The predicted octanol–water partition coefficient (Wildman–Crippen LogP) is 4.18. The number of halogens is 2. The summed E-state index contributed by atoms with van der Waals surface area (Å²) in [4.78, 5) is 6.48. The van der Waals surface area contributed by atoms with Gasteiger partial charge in [-0.15, -0.1) is 0 Å². The number of pyridine rings is 1. The van der Waals surface area contributed by atoms with Crippen LogP contribution in [0.1, 0.15) is 12.8 Å². The molecule has 0 spiro atoms. The summed E-state index contributed by atoms with van der Waals surface area (Å²) in [6.45, 7) is 0. The van der Waals surface area contributed by atoms with Crippen LogP contribution in [0.3, 0.4) is 0 Å². The average molecular weight is 296 g/mol. The Morgan fingerprint density at radius 3 is 2.63 bits per heavy atom. The zero-order valence-electron chi connectivity index (χ0n) is 10.9. The van der Waals surface area contributed by atoms with Gasteiger partial charge in [0.25, 0.3) is 0 Å². The van der Waals surface area contributed by atoms with Gasteiger partial charge in [-0.3, -0.25) is 0 Å². The zero-order chi connectivity index (χ0) is 13.6. The molecule has 5 heteroatoms. The van der Waals surface area contributed by atoms with Crippen molar-refractivity contribution < 1.29 is 0 Å². The smallest absolute Gasteiger partial charge is 0.136 e. The lowest BCUT2D eigenvalue weighted by atomic mass is 10.1. The van der Waals surface area contributed by atoms with Crippen LogP contribution in [0.4, 0.5) is 11.5 Å². The van der Waals surface area contributed by atoms with Gasteiger partial charge in [0.2, 0.25) is 0 Å². The maximum absolute atomic E-state index is 6.38. The van der Waals surface area contributed by atoms with Crippen LogP contribution in [0, 0.1) is 0 Å². The summed E-state index contributed by atoms with van der Waals surface area (Å²) in [6.07, 6.45) is 4.28. The Labute approximate surface area is 122 Å². The second kappa shape index (κ2) is 4.73. The fourth-order valence-corrected chi connectivity index (χ4v) is 2.79. The minimum absolute atomic E-state index is 0.557. The maximum Gasteiger partial charge on any atom is 0.136 e. The summed E-state index contributed by atoms with van der Waals surface area (Å²) in [7, 11) is 3.93. The molecule has 0 unspecified atom stereocenters. The largest absolute Gasteiger partial charge is 0.381 e. The van der Waals surface area contributed by atoms with E-state index in [1.807, 2.05) is 31.3 Å². The van der Waals surface area contributed by atoms with Crippen molar-refractivity contribution in [2.75, 3.05) is 24.3 Å². The number of rotatable bonds is 3. The first-order valence-corrected chi connectivity index (χ1v) is 7.03. The minimum Gasteiger partial charge on any atom is -0.381 e. The molecule has 2 aromatic rings. The van der Waals surface area contributed by atoms with Crippen molar-refractivity contribution in [3.05, 3.63) is 28.4 Å². The molecule has 0 aliphatic heterocycles.